The van der Waals surface area contributed by atoms with E-state index in [1.54, 1.807) is 12.1 Å². The summed E-state index contributed by atoms with van der Waals surface area (Å²) in [6.45, 7) is 0.639. The van der Waals surface area contributed by atoms with Crippen molar-refractivity contribution >= 4 is 67.1 Å². The molecule has 1 N–H and O–H groups in total. The second-order valence-electron chi connectivity index (χ2n) is 6.96. The molecule has 0 aliphatic carbocycles. The zero-order valence-electron chi connectivity index (χ0n) is 16.6. The standard InChI is InChI=1S/C20H20ClN3O3S4/c1-28-16-4-2-3-5-17(16)31(26,27)24-10-8-13(9-11-24)19(25)23-20-22-14(12-29-20)15-6-7-18(21)30-15/h2-7,12-13H,8-11H2,1H3,(H,22,23,25). The molecule has 31 heavy (non-hydrogen) atoms. The molecule has 3 heterocycles. The smallest absolute Gasteiger partial charge is 0.244 e. The van der Waals surface area contributed by atoms with Gasteiger partial charge in [-0.3, -0.25) is 4.79 Å². The van der Waals surface area contributed by atoms with Crippen molar-refractivity contribution in [2.75, 3.05) is 24.7 Å². The molecule has 1 fully saturated rings. The van der Waals surface area contributed by atoms with Gasteiger partial charge in [0.15, 0.2) is 5.13 Å². The quantitative estimate of drug-likeness (QED) is 0.453. The summed E-state index contributed by atoms with van der Waals surface area (Å²) in [7, 11) is -3.58. The van der Waals surface area contributed by atoms with Crippen molar-refractivity contribution in [2.24, 2.45) is 5.92 Å². The first-order chi connectivity index (χ1) is 14.9. The van der Waals surface area contributed by atoms with E-state index in [1.807, 2.05) is 35.9 Å². The largest absolute Gasteiger partial charge is 0.302 e. The van der Waals surface area contributed by atoms with Crippen molar-refractivity contribution in [3.05, 3.63) is 46.1 Å². The third kappa shape index (κ3) is 4.99. The minimum absolute atomic E-state index is 0.119. The van der Waals surface area contributed by atoms with Crippen LogP contribution in [0.3, 0.4) is 0 Å². The number of halogens is 1. The molecule has 2 aromatic heterocycles. The summed E-state index contributed by atoms with van der Waals surface area (Å²) < 4.78 is 28.3. The summed E-state index contributed by atoms with van der Waals surface area (Å²) in [5.41, 5.74) is 0.783. The van der Waals surface area contributed by atoms with Crippen LogP contribution in [0.25, 0.3) is 10.6 Å². The van der Waals surface area contributed by atoms with Crippen molar-refractivity contribution in [1.82, 2.24) is 9.29 Å². The molecule has 0 radical (unpaired) electrons. The van der Waals surface area contributed by atoms with Crippen LogP contribution in [0.15, 0.2) is 51.6 Å². The van der Waals surface area contributed by atoms with Gasteiger partial charge in [-0.05, 0) is 43.4 Å². The molecule has 1 saturated heterocycles. The lowest BCUT2D eigenvalue weighted by Crippen LogP contribution is -2.41. The first-order valence-electron chi connectivity index (χ1n) is 9.54. The highest BCUT2D eigenvalue weighted by Gasteiger charge is 2.33. The molecule has 1 aromatic carbocycles. The average molecular weight is 514 g/mol. The Morgan fingerprint density at radius 2 is 1.97 bits per heavy atom. The number of sulfonamides is 1. The Morgan fingerprint density at radius 1 is 1.23 bits per heavy atom. The molecule has 0 atom stereocenters. The summed E-state index contributed by atoms with van der Waals surface area (Å²) in [6, 6.07) is 10.7. The second kappa shape index (κ2) is 9.60. The number of benzene rings is 1. The van der Waals surface area contributed by atoms with E-state index in [-0.39, 0.29) is 11.8 Å². The molecule has 4 rings (SSSR count). The van der Waals surface area contributed by atoms with E-state index in [4.69, 9.17) is 11.6 Å². The van der Waals surface area contributed by atoms with Gasteiger partial charge in [-0.15, -0.1) is 34.4 Å². The van der Waals surface area contributed by atoms with Gasteiger partial charge in [-0.1, -0.05) is 23.7 Å². The minimum atomic E-state index is -3.58. The number of nitrogens with zero attached hydrogens (tertiary/aromatic N) is 2. The average Bonchev–Trinajstić information content (AvgIpc) is 3.42. The highest BCUT2D eigenvalue weighted by Crippen LogP contribution is 2.34. The fourth-order valence-electron chi connectivity index (χ4n) is 3.43. The number of thiazole rings is 1. The SMILES string of the molecule is CSc1ccccc1S(=O)(=O)N1CCC(C(=O)Nc2nc(-c3ccc(Cl)s3)cs2)CC1. The lowest BCUT2D eigenvalue weighted by atomic mass is 9.97. The van der Waals surface area contributed by atoms with Crippen LogP contribution in [0.4, 0.5) is 5.13 Å². The number of piperidine rings is 1. The summed E-state index contributed by atoms with van der Waals surface area (Å²) in [5, 5.41) is 5.30. The molecule has 164 valence electrons. The van der Waals surface area contributed by atoms with Crippen LogP contribution in [0, 0.1) is 5.92 Å². The molecule has 3 aromatic rings. The molecule has 0 spiro atoms. The molecule has 1 aliphatic rings. The Kier molecular flexibility index (Phi) is 7.04. The maximum absolute atomic E-state index is 13.1. The molecular weight excluding hydrogens is 494 g/mol. The lowest BCUT2D eigenvalue weighted by Gasteiger charge is -2.30. The summed E-state index contributed by atoms with van der Waals surface area (Å²) in [5.74, 6) is -0.363. The Morgan fingerprint density at radius 3 is 2.65 bits per heavy atom. The van der Waals surface area contributed by atoms with Gasteiger partial charge in [0.05, 0.1) is 19.8 Å². The molecule has 0 bridgehead atoms. The van der Waals surface area contributed by atoms with E-state index >= 15 is 0 Å². The number of hydrogen-bond acceptors (Lipinski definition) is 7. The molecule has 11 heteroatoms. The van der Waals surface area contributed by atoms with E-state index in [0.29, 0.717) is 40.3 Å². The summed E-state index contributed by atoms with van der Waals surface area (Å²) in [4.78, 5) is 19.2. The molecule has 1 amide bonds. The zero-order valence-corrected chi connectivity index (χ0v) is 20.6. The Hall–Kier alpha value is -1.43. The summed E-state index contributed by atoms with van der Waals surface area (Å²) in [6.07, 6.45) is 2.82. The van der Waals surface area contributed by atoms with Gasteiger partial charge in [0.2, 0.25) is 15.9 Å². The third-order valence-corrected chi connectivity index (χ3v) is 9.96. The van der Waals surface area contributed by atoms with Crippen molar-refractivity contribution in [3.8, 4) is 10.6 Å². The molecule has 0 unspecified atom stereocenters. The number of carbonyl (C=O) groups is 1. The number of rotatable bonds is 6. The number of carbonyl (C=O) groups excluding carboxylic acids is 1. The first-order valence-corrected chi connectivity index (χ1v) is 14.3. The van der Waals surface area contributed by atoms with Crippen molar-refractivity contribution in [1.29, 1.82) is 0 Å². The fraction of sp³-hybridized carbons (Fsp3) is 0.300. The Labute approximate surface area is 198 Å². The van der Waals surface area contributed by atoms with Crippen LogP contribution in [-0.2, 0) is 14.8 Å². The van der Waals surface area contributed by atoms with Crippen LogP contribution in [-0.4, -0.2) is 43.0 Å². The number of aromatic nitrogens is 1. The highest BCUT2D eigenvalue weighted by atomic mass is 35.5. The predicted octanol–water partition coefficient (Wildman–Crippen LogP) is 5.29. The molecule has 1 aliphatic heterocycles. The minimum Gasteiger partial charge on any atom is -0.302 e. The normalized spacial score (nSPS) is 15.8. The number of thioether (sulfide) groups is 1. The fourth-order valence-corrected chi connectivity index (χ4v) is 7.82. The van der Waals surface area contributed by atoms with Crippen LogP contribution in [0.1, 0.15) is 12.8 Å². The van der Waals surface area contributed by atoms with E-state index < -0.39 is 10.0 Å². The maximum atomic E-state index is 13.1. The van der Waals surface area contributed by atoms with Gasteiger partial charge in [0.25, 0.3) is 0 Å². The maximum Gasteiger partial charge on any atom is 0.244 e. The highest BCUT2D eigenvalue weighted by molar-refractivity contribution is 7.99. The zero-order chi connectivity index (χ0) is 22.0. The van der Waals surface area contributed by atoms with Gasteiger partial charge in [-0.25, -0.2) is 13.4 Å². The predicted molar refractivity (Wildman–Crippen MR) is 129 cm³/mol. The topological polar surface area (TPSA) is 79.4 Å². The van der Waals surface area contributed by atoms with Crippen LogP contribution < -0.4 is 5.32 Å². The van der Waals surface area contributed by atoms with Crippen LogP contribution >= 0.6 is 46.0 Å². The lowest BCUT2D eigenvalue weighted by molar-refractivity contribution is -0.120. The van der Waals surface area contributed by atoms with E-state index in [9.17, 15) is 13.2 Å². The van der Waals surface area contributed by atoms with Crippen molar-refractivity contribution in [2.45, 2.75) is 22.6 Å². The van der Waals surface area contributed by atoms with E-state index in [2.05, 4.69) is 10.3 Å². The molecule has 0 saturated carbocycles. The monoisotopic (exact) mass is 513 g/mol. The first kappa shape index (κ1) is 22.8. The Bertz CT molecular complexity index is 1180. The molecular formula is C20H20ClN3O3S4. The van der Waals surface area contributed by atoms with Gasteiger partial charge in [0.1, 0.15) is 0 Å². The van der Waals surface area contributed by atoms with Gasteiger partial charge >= 0.3 is 0 Å². The van der Waals surface area contributed by atoms with Crippen molar-refractivity contribution in [3.63, 3.8) is 0 Å². The number of amides is 1. The number of hydrogen-bond donors (Lipinski definition) is 1. The number of nitrogens with one attached hydrogen (secondary N) is 1. The Balaban J connectivity index is 1.37. The van der Waals surface area contributed by atoms with Crippen LogP contribution in [0.2, 0.25) is 4.34 Å². The summed E-state index contributed by atoms with van der Waals surface area (Å²) >= 11 is 10.2. The van der Waals surface area contributed by atoms with Crippen LogP contribution in [0.5, 0.6) is 0 Å². The second-order valence-corrected chi connectivity index (χ2v) is 12.3. The molecule has 6 nitrogen and oxygen atoms in total. The number of thiophene rings is 1. The van der Waals surface area contributed by atoms with Gasteiger partial charge in [-0.2, -0.15) is 4.31 Å². The van der Waals surface area contributed by atoms with E-state index in [1.165, 1.54) is 38.7 Å². The third-order valence-electron chi connectivity index (χ3n) is 5.07. The van der Waals surface area contributed by atoms with Crippen molar-refractivity contribution < 1.29 is 13.2 Å². The van der Waals surface area contributed by atoms with Gasteiger partial charge in [0, 0.05) is 29.3 Å². The van der Waals surface area contributed by atoms with Gasteiger partial charge < -0.3 is 5.32 Å². The number of anilines is 1. The van der Waals surface area contributed by atoms with E-state index in [0.717, 1.165) is 15.5 Å².